The Bertz CT molecular complexity index is 481. The number of anilines is 2. The minimum Gasteiger partial charge on any atom is -0.476 e. The zero-order valence-corrected chi connectivity index (χ0v) is 13.1. The van der Waals surface area contributed by atoms with Crippen molar-refractivity contribution in [3.8, 4) is 5.88 Å². The fourth-order valence-corrected chi connectivity index (χ4v) is 2.59. The lowest BCUT2D eigenvalue weighted by molar-refractivity contribution is -0.0145. The normalized spacial score (nSPS) is 20.0. The summed E-state index contributed by atoms with van der Waals surface area (Å²) in [6.07, 6.45) is 5.04. The summed E-state index contributed by atoms with van der Waals surface area (Å²) in [7, 11) is 0. The number of nitrogens with two attached hydrogens (primary N) is 1. The second-order valence-corrected chi connectivity index (χ2v) is 6.62. The molecule has 1 saturated carbocycles. The van der Waals surface area contributed by atoms with E-state index in [1.54, 1.807) is 0 Å². The molecule has 0 radical (unpaired) electrons. The highest BCUT2D eigenvalue weighted by Gasteiger charge is 2.36. The van der Waals surface area contributed by atoms with Crippen LogP contribution in [0.4, 0.5) is 11.5 Å². The maximum absolute atomic E-state index is 10.7. The molecule has 1 fully saturated rings. The SMILES string of the molecule is CCOc1ncnc(NCC2(O)CCC(C)(C)CC2)c1N. The minimum absolute atomic E-state index is 0.322. The van der Waals surface area contributed by atoms with Crippen molar-refractivity contribution in [2.24, 2.45) is 5.41 Å². The van der Waals surface area contributed by atoms with Crippen molar-refractivity contribution < 1.29 is 9.84 Å². The molecule has 6 heteroatoms. The molecule has 1 aromatic rings. The van der Waals surface area contributed by atoms with Crippen LogP contribution in [0.2, 0.25) is 0 Å². The van der Waals surface area contributed by atoms with E-state index in [0.29, 0.717) is 36.0 Å². The van der Waals surface area contributed by atoms with E-state index < -0.39 is 5.60 Å². The number of ether oxygens (including phenoxy) is 1. The molecule has 1 heterocycles. The average molecular weight is 294 g/mol. The van der Waals surface area contributed by atoms with E-state index in [0.717, 1.165) is 25.7 Å². The number of hydrogen-bond donors (Lipinski definition) is 3. The summed E-state index contributed by atoms with van der Waals surface area (Å²) in [5, 5.41) is 13.8. The van der Waals surface area contributed by atoms with Gasteiger partial charge in [-0.2, -0.15) is 4.98 Å². The van der Waals surface area contributed by atoms with Crippen LogP contribution < -0.4 is 15.8 Å². The second kappa shape index (κ2) is 6.05. The minimum atomic E-state index is -0.696. The van der Waals surface area contributed by atoms with E-state index in [1.807, 2.05) is 6.92 Å². The first-order valence-corrected chi connectivity index (χ1v) is 7.55. The van der Waals surface area contributed by atoms with Crippen LogP contribution >= 0.6 is 0 Å². The molecule has 118 valence electrons. The summed E-state index contributed by atoms with van der Waals surface area (Å²) >= 11 is 0. The van der Waals surface area contributed by atoms with Gasteiger partial charge in [-0.15, -0.1) is 0 Å². The molecular formula is C15H26N4O2. The summed E-state index contributed by atoms with van der Waals surface area (Å²) in [4.78, 5) is 8.13. The van der Waals surface area contributed by atoms with E-state index in [-0.39, 0.29) is 0 Å². The highest BCUT2D eigenvalue weighted by atomic mass is 16.5. The predicted molar refractivity (Wildman–Crippen MR) is 83.3 cm³/mol. The Morgan fingerprint density at radius 3 is 2.57 bits per heavy atom. The number of aromatic nitrogens is 2. The number of hydrogen-bond acceptors (Lipinski definition) is 6. The first-order chi connectivity index (χ1) is 9.85. The van der Waals surface area contributed by atoms with E-state index in [9.17, 15) is 5.11 Å². The van der Waals surface area contributed by atoms with Crippen LogP contribution in [-0.2, 0) is 0 Å². The topological polar surface area (TPSA) is 93.3 Å². The Kier molecular flexibility index (Phi) is 4.56. The zero-order valence-electron chi connectivity index (χ0n) is 13.1. The van der Waals surface area contributed by atoms with Gasteiger partial charge >= 0.3 is 0 Å². The average Bonchev–Trinajstić information content (AvgIpc) is 2.44. The summed E-state index contributed by atoms with van der Waals surface area (Å²) in [6, 6.07) is 0. The van der Waals surface area contributed by atoms with Crippen LogP contribution in [-0.4, -0.2) is 33.8 Å². The Hall–Kier alpha value is -1.56. The number of aliphatic hydroxyl groups is 1. The number of nitrogens with one attached hydrogen (secondary N) is 1. The molecule has 0 aliphatic heterocycles. The second-order valence-electron chi connectivity index (χ2n) is 6.62. The van der Waals surface area contributed by atoms with Gasteiger partial charge in [0.1, 0.15) is 12.0 Å². The van der Waals surface area contributed by atoms with E-state index in [2.05, 4.69) is 29.1 Å². The van der Waals surface area contributed by atoms with Crippen LogP contribution in [0.25, 0.3) is 0 Å². The predicted octanol–water partition coefficient (Wildman–Crippen LogP) is 2.20. The van der Waals surface area contributed by atoms with Crippen LogP contribution in [0.3, 0.4) is 0 Å². The fraction of sp³-hybridized carbons (Fsp3) is 0.733. The molecule has 0 spiro atoms. The third-order valence-corrected chi connectivity index (χ3v) is 4.25. The van der Waals surface area contributed by atoms with Gasteiger partial charge in [-0.25, -0.2) is 4.98 Å². The maximum atomic E-state index is 10.7. The highest BCUT2D eigenvalue weighted by Crippen LogP contribution is 2.40. The largest absolute Gasteiger partial charge is 0.476 e. The first-order valence-electron chi connectivity index (χ1n) is 7.55. The lowest BCUT2D eigenvalue weighted by Gasteiger charge is -2.40. The van der Waals surface area contributed by atoms with Gasteiger partial charge in [0.15, 0.2) is 5.82 Å². The number of nitrogens with zero attached hydrogens (tertiary/aromatic N) is 2. The molecule has 4 N–H and O–H groups in total. The molecule has 1 aromatic heterocycles. The molecule has 1 aliphatic carbocycles. The molecule has 1 aliphatic rings. The van der Waals surface area contributed by atoms with Crippen LogP contribution in [0, 0.1) is 5.41 Å². The van der Waals surface area contributed by atoms with E-state index in [4.69, 9.17) is 10.5 Å². The molecule has 6 nitrogen and oxygen atoms in total. The standard InChI is InChI=1S/C15H26N4O2/c1-4-21-13-11(16)12(18-10-19-13)17-9-15(20)7-5-14(2,3)6-8-15/h10,20H,4-9,16H2,1-3H3,(H,17,18,19). The Balaban J connectivity index is 1.98. The molecule has 0 amide bonds. The van der Waals surface area contributed by atoms with Gasteiger partial charge in [0, 0.05) is 6.54 Å². The smallest absolute Gasteiger partial charge is 0.242 e. The molecule has 2 rings (SSSR count). The van der Waals surface area contributed by atoms with Crippen LogP contribution in [0.1, 0.15) is 46.5 Å². The van der Waals surface area contributed by atoms with Gasteiger partial charge in [0.25, 0.3) is 0 Å². The molecular weight excluding hydrogens is 268 g/mol. The first kappa shape index (κ1) is 15.8. The lowest BCUT2D eigenvalue weighted by Crippen LogP contribution is -2.42. The Labute approximate surface area is 126 Å². The quantitative estimate of drug-likeness (QED) is 0.771. The summed E-state index contributed by atoms with van der Waals surface area (Å²) in [6.45, 7) is 7.31. The molecule has 21 heavy (non-hydrogen) atoms. The third kappa shape index (κ3) is 3.97. The van der Waals surface area contributed by atoms with Crippen LogP contribution in [0.15, 0.2) is 6.33 Å². The molecule has 0 saturated heterocycles. The zero-order chi connectivity index (χ0) is 15.5. The van der Waals surface area contributed by atoms with E-state index >= 15 is 0 Å². The monoisotopic (exact) mass is 294 g/mol. The van der Waals surface area contributed by atoms with Crippen LogP contribution in [0.5, 0.6) is 5.88 Å². The van der Waals surface area contributed by atoms with Crippen molar-refractivity contribution in [2.45, 2.75) is 52.1 Å². The molecule has 0 unspecified atom stereocenters. The van der Waals surface area contributed by atoms with Crippen molar-refractivity contribution in [2.75, 3.05) is 24.2 Å². The van der Waals surface area contributed by atoms with Gasteiger partial charge in [0.05, 0.1) is 12.2 Å². The fourth-order valence-electron chi connectivity index (χ4n) is 2.59. The van der Waals surface area contributed by atoms with Crippen molar-refractivity contribution in [3.05, 3.63) is 6.33 Å². The molecule has 0 bridgehead atoms. The Morgan fingerprint density at radius 2 is 1.95 bits per heavy atom. The van der Waals surface area contributed by atoms with Crippen molar-refractivity contribution in [1.29, 1.82) is 0 Å². The third-order valence-electron chi connectivity index (χ3n) is 4.25. The van der Waals surface area contributed by atoms with E-state index in [1.165, 1.54) is 6.33 Å². The maximum Gasteiger partial charge on any atom is 0.242 e. The van der Waals surface area contributed by atoms with Gasteiger partial charge in [-0.1, -0.05) is 13.8 Å². The number of rotatable bonds is 5. The van der Waals surface area contributed by atoms with Crippen molar-refractivity contribution in [3.63, 3.8) is 0 Å². The van der Waals surface area contributed by atoms with Gasteiger partial charge < -0.3 is 20.9 Å². The number of nitrogen functional groups attached to an aromatic ring is 1. The lowest BCUT2D eigenvalue weighted by atomic mass is 9.71. The molecule has 0 aromatic carbocycles. The van der Waals surface area contributed by atoms with Gasteiger partial charge in [-0.3, -0.25) is 0 Å². The summed E-state index contributed by atoms with van der Waals surface area (Å²) < 4.78 is 5.34. The van der Waals surface area contributed by atoms with Gasteiger partial charge in [0.2, 0.25) is 5.88 Å². The van der Waals surface area contributed by atoms with Gasteiger partial charge in [-0.05, 0) is 38.0 Å². The Morgan fingerprint density at radius 1 is 1.29 bits per heavy atom. The summed E-state index contributed by atoms with van der Waals surface area (Å²) in [5.41, 5.74) is 5.99. The van der Waals surface area contributed by atoms with Crippen molar-refractivity contribution in [1.82, 2.24) is 9.97 Å². The summed E-state index contributed by atoms with van der Waals surface area (Å²) in [5.74, 6) is 0.901. The van der Waals surface area contributed by atoms with Crippen molar-refractivity contribution >= 4 is 11.5 Å². The highest BCUT2D eigenvalue weighted by molar-refractivity contribution is 5.66. The molecule has 0 atom stereocenters.